The number of nitrogens with zero attached hydrogens (tertiary/aromatic N) is 1. The molecule has 216 valence electrons. The number of methoxy groups -OCH3 is 1. The fourth-order valence-electron chi connectivity index (χ4n) is 10.7. The van der Waals surface area contributed by atoms with Crippen molar-refractivity contribution in [1.29, 1.82) is 5.26 Å². The molecule has 0 bridgehead atoms. The van der Waals surface area contributed by atoms with Gasteiger partial charge in [0, 0.05) is 11.8 Å². The van der Waals surface area contributed by atoms with Crippen molar-refractivity contribution in [3.63, 3.8) is 0 Å². The fraction of sp³-hybridized carbons (Fsp3) is 0.824. The van der Waals surface area contributed by atoms with E-state index in [0.29, 0.717) is 6.42 Å². The summed E-state index contributed by atoms with van der Waals surface area (Å²) in [6.45, 7) is 19.7. The molecule has 5 heteroatoms. The molecule has 0 aromatic rings. The number of allylic oxidation sites excluding steroid dienone is 2. The average molecular weight is 538 g/mol. The van der Waals surface area contributed by atoms with Crippen molar-refractivity contribution in [3.8, 4) is 6.07 Å². The fourth-order valence-corrected chi connectivity index (χ4v) is 10.7. The number of carbonyl (C=O) groups excluding carboxylic acids is 3. The molecule has 0 aromatic carbocycles. The van der Waals surface area contributed by atoms with Crippen LogP contribution in [0.25, 0.3) is 0 Å². The lowest BCUT2D eigenvalue weighted by Crippen LogP contribution is -2.64. The number of esters is 1. The predicted molar refractivity (Wildman–Crippen MR) is 152 cm³/mol. The van der Waals surface area contributed by atoms with Crippen molar-refractivity contribution >= 4 is 17.5 Å². The maximum atomic E-state index is 13.4. The second kappa shape index (κ2) is 9.28. The van der Waals surface area contributed by atoms with Crippen LogP contribution in [0.3, 0.4) is 0 Å². The molecule has 0 aliphatic heterocycles. The van der Waals surface area contributed by atoms with Gasteiger partial charge in [0.15, 0.2) is 5.78 Å². The molecule has 0 radical (unpaired) electrons. The van der Waals surface area contributed by atoms with Gasteiger partial charge in [-0.05, 0) is 97.2 Å². The van der Waals surface area contributed by atoms with Gasteiger partial charge in [-0.25, -0.2) is 0 Å². The first-order valence-electron chi connectivity index (χ1n) is 15.1. The molecule has 1 unspecified atom stereocenters. The molecule has 0 amide bonds. The van der Waals surface area contributed by atoms with Gasteiger partial charge in [0.1, 0.15) is 11.9 Å². The summed E-state index contributed by atoms with van der Waals surface area (Å²) >= 11 is 0. The number of ketones is 2. The highest BCUT2D eigenvalue weighted by atomic mass is 16.5. The Morgan fingerprint density at radius 1 is 1.00 bits per heavy atom. The number of Topliss-reactive ketones (excluding diaryl/α,β-unsaturated/α-hetero) is 2. The first kappa shape index (κ1) is 30.0. The Bertz CT molecular complexity index is 1140. The zero-order valence-corrected chi connectivity index (χ0v) is 26.1. The van der Waals surface area contributed by atoms with Crippen molar-refractivity contribution in [1.82, 2.24) is 0 Å². The minimum Gasteiger partial charge on any atom is -0.469 e. The van der Waals surface area contributed by atoms with Crippen LogP contribution in [0.1, 0.15) is 114 Å². The van der Waals surface area contributed by atoms with Gasteiger partial charge in [0.05, 0.1) is 18.1 Å². The predicted octanol–water partition coefficient (Wildman–Crippen LogP) is 7.49. The largest absolute Gasteiger partial charge is 0.469 e. The van der Waals surface area contributed by atoms with E-state index in [-0.39, 0.29) is 63.0 Å². The van der Waals surface area contributed by atoms with Gasteiger partial charge in [-0.3, -0.25) is 9.59 Å². The van der Waals surface area contributed by atoms with Crippen LogP contribution in [0.15, 0.2) is 11.6 Å². The Balaban J connectivity index is 1.87. The van der Waals surface area contributed by atoms with Gasteiger partial charge in [0.25, 0.3) is 0 Å². The summed E-state index contributed by atoms with van der Waals surface area (Å²) < 4.78 is 5.47. The molecule has 8 atom stereocenters. The molecular formula is C34H51NO4. The van der Waals surface area contributed by atoms with Gasteiger partial charge in [-0.2, -0.15) is 5.26 Å². The van der Waals surface area contributed by atoms with E-state index >= 15 is 0 Å². The molecule has 3 saturated carbocycles. The molecule has 4 aliphatic carbocycles. The van der Waals surface area contributed by atoms with Crippen LogP contribution >= 0.6 is 0 Å². The summed E-state index contributed by atoms with van der Waals surface area (Å²) in [5.74, 6) is 0.562. The number of ether oxygens (including phenoxy) is 1. The Morgan fingerprint density at radius 3 is 2.18 bits per heavy atom. The minimum atomic E-state index is -0.655. The summed E-state index contributed by atoms with van der Waals surface area (Å²) in [5.41, 5.74) is -1.47. The third-order valence-electron chi connectivity index (χ3n) is 13.3. The highest BCUT2D eigenvalue weighted by molar-refractivity contribution is 6.04. The van der Waals surface area contributed by atoms with Crippen LogP contribution in [0.4, 0.5) is 0 Å². The van der Waals surface area contributed by atoms with Crippen molar-refractivity contribution in [2.75, 3.05) is 7.11 Å². The van der Waals surface area contributed by atoms with E-state index in [4.69, 9.17) is 4.74 Å². The summed E-state index contributed by atoms with van der Waals surface area (Å²) in [6, 6.07) is 2.21. The molecule has 0 aromatic heterocycles. The van der Waals surface area contributed by atoms with Crippen molar-refractivity contribution < 1.29 is 19.1 Å². The van der Waals surface area contributed by atoms with Crippen molar-refractivity contribution in [2.24, 2.45) is 56.2 Å². The van der Waals surface area contributed by atoms with E-state index in [9.17, 15) is 19.6 Å². The van der Waals surface area contributed by atoms with Crippen LogP contribution in [0, 0.1) is 67.5 Å². The molecule has 0 saturated heterocycles. The van der Waals surface area contributed by atoms with E-state index in [0.717, 1.165) is 44.9 Å². The van der Waals surface area contributed by atoms with Crippen LogP contribution in [0.2, 0.25) is 0 Å². The SMILES string of the molecule is COC(=O)C12CCC(C)(C)C[C@H]1[C@@H](C)[C@](C)([C@]1(C)CC[C@H]3C(C)(C)C(=O)C(C#N)=C[C@]3(C)[C@H]1CC(C)=O)CC2. The number of hydrogen-bond donors (Lipinski definition) is 0. The lowest BCUT2D eigenvalue weighted by molar-refractivity contribution is -0.209. The average Bonchev–Trinajstić information content (AvgIpc) is 2.85. The molecule has 4 aliphatic rings. The molecular weight excluding hydrogens is 486 g/mol. The van der Waals surface area contributed by atoms with Crippen molar-refractivity contribution in [3.05, 3.63) is 11.6 Å². The van der Waals surface area contributed by atoms with E-state index in [1.165, 1.54) is 7.11 Å². The molecule has 4 rings (SSSR count). The van der Waals surface area contributed by atoms with E-state index in [1.807, 2.05) is 19.9 Å². The summed E-state index contributed by atoms with van der Waals surface area (Å²) in [7, 11) is 1.53. The highest BCUT2D eigenvalue weighted by Crippen LogP contribution is 2.73. The van der Waals surface area contributed by atoms with Gasteiger partial charge >= 0.3 is 5.97 Å². The van der Waals surface area contributed by atoms with E-state index in [1.54, 1.807) is 6.92 Å². The zero-order valence-electron chi connectivity index (χ0n) is 26.1. The lowest BCUT2D eigenvalue weighted by atomic mass is 9.34. The van der Waals surface area contributed by atoms with Crippen LogP contribution < -0.4 is 0 Å². The second-order valence-electron chi connectivity index (χ2n) is 15.9. The first-order chi connectivity index (χ1) is 17.9. The second-order valence-corrected chi connectivity index (χ2v) is 15.9. The topological polar surface area (TPSA) is 84.2 Å². The zero-order chi connectivity index (χ0) is 29.4. The third-order valence-corrected chi connectivity index (χ3v) is 13.3. The number of rotatable bonds is 4. The standard InChI is InChI=1S/C34H51NO4/c1-21(36)17-26-31(7)18-23(20-35)27(37)30(5,6)25(31)11-12-33(26,9)32(8)14-16-34(28(38)39-10)15-13-29(3,4)19-24(34)22(32)2/h18,22,24-26H,11-17,19H2,1-10H3/t22-,24+,25+,26-,31+,32-,33-,34?/m1/s1. The Kier molecular flexibility index (Phi) is 7.14. The van der Waals surface area contributed by atoms with Gasteiger partial charge in [-0.1, -0.05) is 61.5 Å². The van der Waals surface area contributed by atoms with Gasteiger partial charge < -0.3 is 9.53 Å². The number of carbonyl (C=O) groups is 3. The number of nitriles is 1. The molecule has 0 heterocycles. The molecule has 39 heavy (non-hydrogen) atoms. The van der Waals surface area contributed by atoms with E-state index in [2.05, 4.69) is 47.6 Å². The van der Waals surface area contributed by atoms with Crippen LogP contribution in [-0.2, 0) is 19.1 Å². The minimum absolute atomic E-state index is 0.00773. The maximum absolute atomic E-state index is 13.4. The number of hydrogen-bond acceptors (Lipinski definition) is 5. The normalized spacial score (nSPS) is 44.7. The highest BCUT2D eigenvalue weighted by Gasteiger charge is 2.68. The summed E-state index contributed by atoms with van der Waals surface area (Å²) in [6.07, 6.45) is 8.81. The monoisotopic (exact) mass is 537 g/mol. The van der Waals surface area contributed by atoms with Crippen LogP contribution in [0.5, 0.6) is 0 Å². The van der Waals surface area contributed by atoms with Gasteiger partial charge in [0.2, 0.25) is 0 Å². The Morgan fingerprint density at radius 2 is 1.62 bits per heavy atom. The van der Waals surface area contributed by atoms with Gasteiger partial charge in [-0.15, -0.1) is 0 Å². The van der Waals surface area contributed by atoms with Crippen molar-refractivity contribution in [2.45, 2.75) is 114 Å². The maximum Gasteiger partial charge on any atom is 0.312 e. The molecule has 0 N–H and O–H groups in total. The molecule has 5 nitrogen and oxygen atoms in total. The lowest BCUT2D eigenvalue weighted by Gasteiger charge is -2.69. The smallest absolute Gasteiger partial charge is 0.312 e. The molecule has 3 fully saturated rings. The third kappa shape index (κ3) is 4.09. The first-order valence-corrected chi connectivity index (χ1v) is 15.1. The van der Waals surface area contributed by atoms with Crippen LogP contribution in [-0.4, -0.2) is 24.6 Å². The Hall–Kier alpha value is -1.96. The number of fused-ring (bicyclic) bond motifs is 2. The summed E-state index contributed by atoms with van der Waals surface area (Å²) in [4.78, 5) is 39.7. The Labute approximate surface area is 236 Å². The molecule has 0 spiro atoms. The quantitative estimate of drug-likeness (QED) is 0.347. The van der Waals surface area contributed by atoms with E-state index < -0.39 is 16.2 Å². The summed E-state index contributed by atoms with van der Waals surface area (Å²) in [5, 5.41) is 9.97.